The summed E-state index contributed by atoms with van der Waals surface area (Å²) in [4.78, 5) is 0.255. The molecule has 0 bridgehead atoms. The van der Waals surface area contributed by atoms with E-state index in [-0.39, 0.29) is 4.90 Å². The van der Waals surface area contributed by atoms with Gasteiger partial charge >= 0.3 is 0 Å². The average molecular weight is 242 g/mol. The molecule has 0 heterocycles. The molecule has 0 aliphatic carbocycles. The van der Waals surface area contributed by atoms with Gasteiger partial charge in [0.2, 0.25) is 10.0 Å². The number of nitrogens with one attached hydrogen (secondary N) is 1. The van der Waals surface area contributed by atoms with Crippen molar-refractivity contribution in [3.8, 4) is 0 Å². The molecule has 5 heteroatoms. The Hall–Kier alpha value is -1.07. The maximum atomic E-state index is 11.8. The number of benzene rings is 1. The number of sulfonamides is 1. The van der Waals surface area contributed by atoms with Crippen LogP contribution in [0.2, 0.25) is 0 Å². The maximum absolute atomic E-state index is 11.8. The molecule has 0 atom stereocenters. The van der Waals surface area contributed by atoms with Crippen LogP contribution < -0.4 is 10.5 Å². The van der Waals surface area contributed by atoms with Gasteiger partial charge in [-0.1, -0.05) is 13.8 Å². The van der Waals surface area contributed by atoms with Gasteiger partial charge in [0.1, 0.15) is 0 Å². The average Bonchev–Trinajstić information content (AvgIpc) is 2.17. The van der Waals surface area contributed by atoms with E-state index in [4.69, 9.17) is 5.73 Å². The minimum atomic E-state index is -3.38. The topological polar surface area (TPSA) is 72.2 Å². The molecule has 0 spiro atoms. The summed E-state index contributed by atoms with van der Waals surface area (Å²) in [5.74, 6) is 0.481. The first-order valence-electron chi connectivity index (χ1n) is 5.27. The van der Waals surface area contributed by atoms with Crippen LogP contribution in [0, 0.1) is 5.92 Å². The van der Waals surface area contributed by atoms with Gasteiger partial charge in [0.05, 0.1) is 4.90 Å². The van der Waals surface area contributed by atoms with E-state index in [2.05, 4.69) is 18.6 Å². The first-order chi connectivity index (χ1) is 7.42. The summed E-state index contributed by atoms with van der Waals surface area (Å²) in [5.41, 5.74) is 6.05. The van der Waals surface area contributed by atoms with Crippen molar-refractivity contribution < 1.29 is 8.42 Å². The summed E-state index contributed by atoms with van der Waals surface area (Å²) in [6.45, 7) is 4.57. The van der Waals surface area contributed by atoms with E-state index in [0.29, 0.717) is 18.2 Å². The van der Waals surface area contributed by atoms with E-state index in [0.717, 1.165) is 6.42 Å². The highest BCUT2D eigenvalue weighted by atomic mass is 32.2. The maximum Gasteiger partial charge on any atom is 0.240 e. The molecule has 0 aliphatic rings. The Morgan fingerprint density at radius 1 is 1.25 bits per heavy atom. The fourth-order valence-corrected chi connectivity index (χ4v) is 2.26. The van der Waals surface area contributed by atoms with Crippen LogP contribution >= 0.6 is 0 Å². The van der Waals surface area contributed by atoms with Gasteiger partial charge in [0.15, 0.2) is 0 Å². The third-order valence-electron chi connectivity index (χ3n) is 2.20. The van der Waals surface area contributed by atoms with Crippen LogP contribution in [0.5, 0.6) is 0 Å². The van der Waals surface area contributed by atoms with Crippen LogP contribution in [-0.4, -0.2) is 15.0 Å². The van der Waals surface area contributed by atoms with Gasteiger partial charge in [-0.05, 0) is 36.6 Å². The smallest absolute Gasteiger partial charge is 0.240 e. The molecular weight excluding hydrogens is 224 g/mol. The SMILES string of the molecule is CC(C)CCNS(=O)(=O)c1ccc(N)cc1. The molecular formula is C11H18N2O2S. The molecule has 1 rings (SSSR count). The molecule has 1 aromatic rings. The second kappa shape index (κ2) is 5.32. The molecule has 0 radical (unpaired) electrons. The normalized spacial score (nSPS) is 11.9. The van der Waals surface area contributed by atoms with Crippen LogP contribution in [0.1, 0.15) is 20.3 Å². The highest BCUT2D eigenvalue weighted by Crippen LogP contribution is 2.11. The minimum Gasteiger partial charge on any atom is -0.399 e. The molecule has 1 aromatic carbocycles. The van der Waals surface area contributed by atoms with Gasteiger partial charge < -0.3 is 5.73 Å². The van der Waals surface area contributed by atoms with Crippen LogP contribution in [0.3, 0.4) is 0 Å². The van der Waals surface area contributed by atoms with E-state index in [1.54, 1.807) is 12.1 Å². The van der Waals surface area contributed by atoms with Crippen molar-refractivity contribution in [2.45, 2.75) is 25.2 Å². The van der Waals surface area contributed by atoms with Gasteiger partial charge in [0, 0.05) is 12.2 Å². The molecule has 4 nitrogen and oxygen atoms in total. The fraction of sp³-hybridized carbons (Fsp3) is 0.455. The van der Waals surface area contributed by atoms with Crippen molar-refractivity contribution in [1.29, 1.82) is 0 Å². The second-order valence-corrected chi connectivity index (χ2v) is 5.92. The molecule has 0 saturated heterocycles. The van der Waals surface area contributed by atoms with E-state index in [9.17, 15) is 8.42 Å². The van der Waals surface area contributed by atoms with Gasteiger partial charge in [-0.3, -0.25) is 0 Å². The molecule has 0 fully saturated rings. The first kappa shape index (κ1) is 13.0. The highest BCUT2D eigenvalue weighted by molar-refractivity contribution is 7.89. The summed E-state index contributed by atoms with van der Waals surface area (Å²) < 4.78 is 26.1. The molecule has 90 valence electrons. The Kier molecular flexibility index (Phi) is 4.32. The van der Waals surface area contributed by atoms with Crippen molar-refractivity contribution in [1.82, 2.24) is 4.72 Å². The summed E-state index contributed by atoms with van der Waals surface area (Å²) in [7, 11) is -3.38. The Balaban J connectivity index is 2.67. The van der Waals surface area contributed by atoms with Crippen LogP contribution in [0.25, 0.3) is 0 Å². The van der Waals surface area contributed by atoms with Gasteiger partial charge in [0.25, 0.3) is 0 Å². The van der Waals surface area contributed by atoms with Gasteiger partial charge in [-0.25, -0.2) is 13.1 Å². The summed E-state index contributed by atoms with van der Waals surface area (Å²) in [5, 5.41) is 0. The van der Waals surface area contributed by atoms with E-state index < -0.39 is 10.0 Å². The zero-order chi connectivity index (χ0) is 12.2. The molecule has 3 N–H and O–H groups in total. The number of nitrogen functional groups attached to an aromatic ring is 1. The predicted molar refractivity (Wildman–Crippen MR) is 65.5 cm³/mol. The van der Waals surface area contributed by atoms with Crippen LogP contribution in [0.4, 0.5) is 5.69 Å². The number of nitrogens with two attached hydrogens (primary N) is 1. The molecule has 0 amide bonds. The predicted octanol–water partition coefficient (Wildman–Crippen LogP) is 1.59. The molecule has 0 aliphatic heterocycles. The largest absolute Gasteiger partial charge is 0.399 e. The monoisotopic (exact) mass is 242 g/mol. The van der Waals surface area contributed by atoms with Gasteiger partial charge in [-0.2, -0.15) is 0 Å². The summed E-state index contributed by atoms with van der Waals surface area (Å²) in [6.07, 6.45) is 0.828. The lowest BCUT2D eigenvalue weighted by Gasteiger charge is -2.08. The Morgan fingerprint density at radius 3 is 2.31 bits per heavy atom. The summed E-state index contributed by atoms with van der Waals surface area (Å²) in [6, 6.07) is 6.17. The third kappa shape index (κ3) is 3.83. The Morgan fingerprint density at radius 2 is 1.81 bits per heavy atom. The third-order valence-corrected chi connectivity index (χ3v) is 3.68. The quantitative estimate of drug-likeness (QED) is 0.770. The summed E-state index contributed by atoms with van der Waals surface area (Å²) >= 11 is 0. The lowest BCUT2D eigenvalue weighted by Crippen LogP contribution is -2.25. The highest BCUT2D eigenvalue weighted by Gasteiger charge is 2.12. The van der Waals surface area contributed by atoms with Crippen LogP contribution in [-0.2, 0) is 10.0 Å². The molecule has 0 saturated carbocycles. The second-order valence-electron chi connectivity index (χ2n) is 4.15. The minimum absolute atomic E-state index is 0.255. The standard InChI is InChI=1S/C11H18N2O2S/c1-9(2)7-8-13-16(14,15)11-5-3-10(12)4-6-11/h3-6,9,13H,7-8,12H2,1-2H3. The Labute approximate surface area is 96.9 Å². The van der Waals surface area contributed by atoms with Crippen molar-refractivity contribution in [2.75, 3.05) is 12.3 Å². The van der Waals surface area contributed by atoms with Crippen molar-refractivity contribution in [3.05, 3.63) is 24.3 Å². The van der Waals surface area contributed by atoms with Gasteiger partial charge in [-0.15, -0.1) is 0 Å². The zero-order valence-corrected chi connectivity index (χ0v) is 10.4. The Bertz CT molecular complexity index is 424. The van der Waals surface area contributed by atoms with Crippen LogP contribution in [0.15, 0.2) is 29.2 Å². The van der Waals surface area contributed by atoms with E-state index >= 15 is 0 Å². The first-order valence-corrected chi connectivity index (χ1v) is 6.75. The lowest BCUT2D eigenvalue weighted by atomic mass is 10.1. The molecule has 0 unspecified atom stereocenters. The van der Waals surface area contributed by atoms with E-state index in [1.807, 2.05) is 0 Å². The number of rotatable bonds is 5. The fourth-order valence-electron chi connectivity index (χ4n) is 1.21. The van der Waals surface area contributed by atoms with E-state index in [1.165, 1.54) is 12.1 Å². The molecule has 16 heavy (non-hydrogen) atoms. The number of anilines is 1. The van der Waals surface area contributed by atoms with Crippen molar-refractivity contribution >= 4 is 15.7 Å². The van der Waals surface area contributed by atoms with Crippen molar-refractivity contribution in [3.63, 3.8) is 0 Å². The number of hydrogen-bond donors (Lipinski definition) is 2. The zero-order valence-electron chi connectivity index (χ0n) is 9.60. The number of hydrogen-bond acceptors (Lipinski definition) is 3. The lowest BCUT2D eigenvalue weighted by molar-refractivity contribution is 0.551. The van der Waals surface area contributed by atoms with Crippen molar-refractivity contribution in [2.24, 2.45) is 5.92 Å². The molecule has 0 aromatic heterocycles.